The largest absolute Gasteiger partial charge is 0.496 e. The van der Waals surface area contributed by atoms with Crippen LogP contribution in [0.2, 0.25) is 0 Å². The van der Waals surface area contributed by atoms with Crippen molar-refractivity contribution in [2.24, 2.45) is 0 Å². The van der Waals surface area contributed by atoms with Gasteiger partial charge in [0.2, 0.25) is 11.8 Å². The number of benzene rings is 1. The lowest BCUT2D eigenvalue weighted by Gasteiger charge is -2.17. The van der Waals surface area contributed by atoms with Crippen molar-refractivity contribution in [1.29, 1.82) is 0 Å². The molecule has 0 spiro atoms. The zero-order valence-electron chi connectivity index (χ0n) is 13.1. The number of ether oxygens (including phenoxy) is 1. The molecule has 1 aliphatic heterocycles. The fraction of sp³-hybridized carbons (Fsp3) is 0.438. The molecule has 1 aromatic carbocycles. The zero-order chi connectivity index (χ0) is 16.4. The normalized spacial score (nSPS) is 17.5. The van der Waals surface area contributed by atoms with Crippen LogP contribution < -0.4 is 4.74 Å². The van der Waals surface area contributed by atoms with E-state index >= 15 is 0 Å². The standard InChI is InChI=1S/C16H18FN3O3/c1-10-18-16(23-19-10)11-5-6-20(9-11)15(21)8-12-7-13(17)3-4-14(12)22-2/h3-4,7,11H,5-6,8-9H2,1-2H3/t11-/m1/s1. The molecule has 0 N–H and O–H groups in total. The Bertz CT molecular complexity index is 716. The second-order valence-corrected chi connectivity index (χ2v) is 5.64. The minimum absolute atomic E-state index is 0.0624. The first-order valence-corrected chi connectivity index (χ1v) is 7.47. The maximum absolute atomic E-state index is 13.4. The van der Waals surface area contributed by atoms with Gasteiger partial charge >= 0.3 is 0 Å². The van der Waals surface area contributed by atoms with Gasteiger partial charge in [-0.1, -0.05) is 5.16 Å². The molecule has 0 radical (unpaired) electrons. The first-order valence-electron chi connectivity index (χ1n) is 7.47. The zero-order valence-corrected chi connectivity index (χ0v) is 13.1. The van der Waals surface area contributed by atoms with Gasteiger partial charge in [0.25, 0.3) is 0 Å². The number of halogens is 1. The molecule has 1 aliphatic rings. The third kappa shape index (κ3) is 3.33. The molecular weight excluding hydrogens is 301 g/mol. The number of carbonyl (C=O) groups excluding carboxylic acids is 1. The number of amides is 1. The first-order chi connectivity index (χ1) is 11.1. The molecule has 3 rings (SSSR count). The predicted octanol–water partition coefficient (Wildman–Crippen LogP) is 2.08. The summed E-state index contributed by atoms with van der Waals surface area (Å²) in [5, 5.41) is 3.78. The lowest BCUT2D eigenvalue weighted by Crippen LogP contribution is -2.30. The second kappa shape index (κ2) is 6.36. The summed E-state index contributed by atoms with van der Waals surface area (Å²) in [6.45, 7) is 2.93. The molecular formula is C16H18FN3O3. The van der Waals surface area contributed by atoms with Crippen molar-refractivity contribution in [3.05, 3.63) is 41.3 Å². The van der Waals surface area contributed by atoms with E-state index in [1.807, 2.05) is 0 Å². The quantitative estimate of drug-likeness (QED) is 0.863. The molecule has 23 heavy (non-hydrogen) atoms. The van der Waals surface area contributed by atoms with E-state index in [0.29, 0.717) is 36.1 Å². The maximum atomic E-state index is 13.4. The van der Waals surface area contributed by atoms with Crippen LogP contribution in [0.3, 0.4) is 0 Å². The molecule has 6 nitrogen and oxygen atoms in total. The van der Waals surface area contributed by atoms with Crippen molar-refractivity contribution in [2.75, 3.05) is 20.2 Å². The number of nitrogens with zero attached hydrogens (tertiary/aromatic N) is 3. The highest BCUT2D eigenvalue weighted by Gasteiger charge is 2.31. The molecule has 2 aromatic rings. The Kier molecular flexibility index (Phi) is 4.27. The number of aromatic nitrogens is 2. The van der Waals surface area contributed by atoms with Crippen LogP contribution in [0.5, 0.6) is 5.75 Å². The van der Waals surface area contributed by atoms with Gasteiger partial charge in [0.05, 0.1) is 19.4 Å². The lowest BCUT2D eigenvalue weighted by atomic mass is 10.1. The number of carbonyl (C=O) groups is 1. The van der Waals surface area contributed by atoms with Gasteiger partial charge in [-0.3, -0.25) is 4.79 Å². The Morgan fingerprint density at radius 2 is 2.35 bits per heavy atom. The molecule has 1 amide bonds. The highest BCUT2D eigenvalue weighted by Crippen LogP contribution is 2.27. The van der Waals surface area contributed by atoms with E-state index in [1.54, 1.807) is 11.8 Å². The van der Waals surface area contributed by atoms with Crippen LogP contribution in [0.4, 0.5) is 4.39 Å². The fourth-order valence-corrected chi connectivity index (χ4v) is 2.83. The molecule has 1 atom stereocenters. The van der Waals surface area contributed by atoms with Crippen LogP contribution in [-0.2, 0) is 11.2 Å². The summed E-state index contributed by atoms with van der Waals surface area (Å²) < 4.78 is 23.8. The third-order valence-electron chi connectivity index (χ3n) is 4.02. The molecule has 0 unspecified atom stereocenters. The Labute approximate surface area is 133 Å². The average Bonchev–Trinajstić information content (AvgIpc) is 3.16. The van der Waals surface area contributed by atoms with Crippen LogP contribution >= 0.6 is 0 Å². The smallest absolute Gasteiger partial charge is 0.231 e. The van der Waals surface area contributed by atoms with Crippen LogP contribution in [-0.4, -0.2) is 41.1 Å². The Morgan fingerprint density at radius 3 is 3.04 bits per heavy atom. The van der Waals surface area contributed by atoms with Crippen molar-refractivity contribution >= 4 is 5.91 Å². The molecule has 1 fully saturated rings. The summed E-state index contributed by atoms with van der Waals surface area (Å²) in [4.78, 5) is 18.4. The molecule has 0 aliphatic carbocycles. The Morgan fingerprint density at radius 1 is 1.52 bits per heavy atom. The van der Waals surface area contributed by atoms with E-state index < -0.39 is 0 Å². The minimum atomic E-state index is -0.380. The number of hydrogen-bond acceptors (Lipinski definition) is 5. The van der Waals surface area contributed by atoms with E-state index in [0.717, 1.165) is 6.42 Å². The topological polar surface area (TPSA) is 68.5 Å². The van der Waals surface area contributed by atoms with Gasteiger partial charge in [-0.05, 0) is 31.5 Å². The van der Waals surface area contributed by atoms with Crippen molar-refractivity contribution in [1.82, 2.24) is 15.0 Å². The van der Waals surface area contributed by atoms with E-state index in [9.17, 15) is 9.18 Å². The van der Waals surface area contributed by atoms with E-state index in [-0.39, 0.29) is 24.1 Å². The van der Waals surface area contributed by atoms with Gasteiger partial charge in [0.1, 0.15) is 11.6 Å². The molecule has 122 valence electrons. The number of likely N-dealkylation sites (tertiary alicyclic amines) is 1. The predicted molar refractivity (Wildman–Crippen MR) is 79.6 cm³/mol. The van der Waals surface area contributed by atoms with E-state index in [1.165, 1.54) is 25.3 Å². The number of rotatable bonds is 4. The van der Waals surface area contributed by atoms with Crippen LogP contribution in [0.15, 0.2) is 22.7 Å². The number of methoxy groups -OCH3 is 1. The van der Waals surface area contributed by atoms with Crippen LogP contribution in [0, 0.1) is 12.7 Å². The van der Waals surface area contributed by atoms with Crippen molar-refractivity contribution < 1.29 is 18.4 Å². The van der Waals surface area contributed by atoms with Gasteiger partial charge in [0, 0.05) is 18.7 Å². The summed E-state index contributed by atoms with van der Waals surface area (Å²) >= 11 is 0. The van der Waals surface area contributed by atoms with Crippen molar-refractivity contribution in [2.45, 2.75) is 25.7 Å². The van der Waals surface area contributed by atoms with Gasteiger partial charge in [-0.25, -0.2) is 4.39 Å². The van der Waals surface area contributed by atoms with E-state index in [4.69, 9.17) is 9.26 Å². The van der Waals surface area contributed by atoms with Crippen molar-refractivity contribution in [3.63, 3.8) is 0 Å². The van der Waals surface area contributed by atoms with Gasteiger partial charge in [-0.2, -0.15) is 4.98 Å². The molecule has 0 bridgehead atoms. The first kappa shape index (κ1) is 15.5. The van der Waals surface area contributed by atoms with Gasteiger partial charge in [-0.15, -0.1) is 0 Å². The summed E-state index contributed by atoms with van der Waals surface area (Å²) in [5.74, 6) is 1.30. The highest BCUT2D eigenvalue weighted by atomic mass is 19.1. The SMILES string of the molecule is COc1ccc(F)cc1CC(=O)N1CC[C@@H](c2nc(C)no2)C1. The summed E-state index contributed by atoms with van der Waals surface area (Å²) in [6.07, 6.45) is 0.893. The summed E-state index contributed by atoms with van der Waals surface area (Å²) in [5.41, 5.74) is 0.551. The Balaban J connectivity index is 1.67. The van der Waals surface area contributed by atoms with Crippen LogP contribution in [0.1, 0.15) is 29.6 Å². The summed E-state index contributed by atoms with van der Waals surface area (Å²) in [6, 6.07) is 4.19. The average molecular weight is 319 g/mol. The fourth-order valence-electron chi connectivity index (χ4n) is 2.83. The molecule has 7 heteroatoms. The summed E-state index contributed by atoms with van der Waals surface area (Å²) in [7, 11) is 1.50. The Hall–Kier alpha value is -2.44. The monoisotopic (exact) mass is 319 g/mol. The second-order valence-electron chi connectivity index (χ2n) is 5.64. The molecule has 1 aromatic heterocycles. The van der Waals surface area contributed by atoms with Gasteiger partial charge < -0.3 is 14.2 Å². The molecule has 1 saturated heterocycles. The van der Waals surface area contributed by atoms with E-state index in [2.05, 4.69) is 10.1 Å². The minimum Gasteiger partial charge on any atom is -0.496 e. The van der Waals surface area contributed by atoms with Gasteiger partial charge in [0.15, 0.2) is 5.82 Å². The third-order valence-corrected chi connectivity index (χ3v) is 4.02. The molecule has 0 saturated carbocycles. The van der Waals surface area contributed by atoms with Crippen LogP contribution in [0.25, 0.3) is 0 Å². The lowest BCUT2D eigenvalue weighted by molar-refractivity contribution is -0.129. The highest BCUT2D eigenvalue weighted by molar-refractivity contribution is 5.79. The molecule has 2 heterocycles. The number of aryl methyl sites for hydroxylation is 1. The maximum Gasteiger partial charge on any atom is 0.231 e. The number of hydrogen-bond donors (Lipinski definition) is 0. The van der Waals surface area contributed by atoms with Crippen molar-refractivity contribution in [3.8, 4) is 5.75 Å².